The normalized spacial score (nSPS) is 16.6. The summed E-state index contributed by atoms with van der Waals surface area (Å²) >= 11 is 6.01. The van der Waals surface area contributed by atoms with Gasteiger partial charge in [0, 0.05) is 25.2 Å². The van der Waals surface area contributed by atoms with E-state index in [1.54, 1.807) is 0 Å². The molecule has 3 aromatic rings. The van der Waals surface area contributed by atoms with Gasteiger partial charge in [0.15, 0.2) is 23.1 Å². The zero-order chi connectivity index (χ0) is 38.4. The Labute approximate surface area is 294 Å². The molecular weight excluding hydrogens is 747 g/mol. The lowest BCUT2D eigenvalue weighted by molar-refractivity contribution is -0.154. The average molecular weight is 771 g/mol. The van der Waals surface area contributed by atoms with Crippen LogP contribution in [0.15, 0.2) is 36.4 Å². The molecular formula is C29H24BClF3N4O13P. The number of carboxylic acids is 1. The molecule has 23 heteroatoms. The largest absolute Gasteiger partial charge is 0.547 e. The molecule has 2 aliphatic heterocycles. The minimum Gasteiger partial charge on any atom is -0.534 e. The quantitative estimate of drug-likeness (QED) is 0.0670. The van der Waals surface area contributed by atoms with Crippen LogP contribution in [0.5, 0.6) is 17.2 Å². The number of piperazine rings is 1. The lowest BCUT2D eigenvalue weighted by Gasteiger charge is -2.34. The van der Waals surface area contributed by atoms with Crippen LogP contribution >= 0.6 is 19.2 Å². The van der Waals surface area contributed by atoms with Crippen LogP contribution in [-0.2, 0) is 31.9 Å². The van der Waals surface area contributed by atoms with E-state index >= 15 is 4.39 Å². The molecule has 0 spiro atoms. The van der Waals surface area contributed by atoms with Gasteiger partial charge in [-0.15, -0.1) is 0 Å². The van der Waals surface area contributed by atoms with E-state index in [2.05, 4.69) is 5.32 Å². The number of amides is 5. The number of aromatic hydroxyl groups is 2. The maximum Gasteiger partial charge on any atom is 0.547 e. The lowest BCUT2D eigenvalue weighted by Crippen LogP contribution is -2.60. The maximum atomic E-state index is 15.4. The van der Waals surface area contributed by atoms with Gasteiger partial charge in [-0.05, 0) is 35.7 Å². The lowest BCUT2D eigenvalue weighted by atomic mass is 9.72. The Morgan fingerprint density at radius 3 is 2.37 bits per heavy atom. The molecule has 1 fully saturated rings. The maximum absolute atomic E-state index is 15.4. The molecule has 0 unspecified atom stereocenters. The molecule has 5 rings (SSSR count). The Morgan fingerprint density at radius 1 is 1.02 bits per heavy atom. The van der Waals surface area contributed by atoms with E-state index in [1.165, 1.54) is 6.07 Å². The molecule has 1 saturated heterocycles. The fourth-order valence-electron chi connectivity index (χ4n) is 5.46. The molecule has 0 radical (unpaired) electrons. The van der Waals surface area contributed by atoms with Gasteiger partial charge in [-0.1, -0.05) is 29.8 Å². The summed E-state index contributed by atoms with van der Waals surface area (Å²) in [6.07, 6.45) is -0.421. The minimum atomic E-state index is -5.39. The number of fused-ring (bicyclic) bond motifs is 1. The van der Waals surface area contributed by atoms with Crippen LogP contribution in [0, 0.1) is 17.5 Å². The van der Waals surface area contributed by atoms with Crippen molar-refractivity contribution in [3.63, 3.8) is 0 Å². The second-order valence-corrected chi connectivity index (χ2v) is 13.3. The predicted molar refractivity (Wildman–Crippen MR) is 169 cm³/mol. The molecule has 0 saturated carbocycles. The van der Waals surface area contributed by atoms with Crippen LogP contribution in [0.1, 0.15) is 33.1 Å². The molecule has 5 amide bonds. The van der Waals surface area contributed by atoms with Crippen molar-refractivity contribution >= 4 is 61.3 Å². The number of hydrogen-bond acceptors (Lipinski definition) is 10. The van der Waals surface area contributed by atoms with Crippen molar-refractivity contribution in [3.8, 4) is 17.2 Å². The van der Waals surface area contributed by atoms with Crippen molar-refractivity contribution in [2.75, 3.05) is 13.1 Å². The van der Waals surface area contributed by atoms with Crippen LogP contribution in [0.2, 0.25) is 5.02 Å². The van der Waals surface area contributed by atoms with E-state index in [1.807, 2.05) is 5.32 Å². The average Bonchev–Trinajstić information content (AvgIpc) is 3.06. The number of benzene rings is 3. The third kappa shape index (κ3) is 7.21. The number of hydrogen-bond donors (Lipinski definition) is 8. The molecule has 0 bridgehead atoms. The molecule has 3 aromatic carbocycles. The van der Waals surface area contributed by atoms with E-state index in [-0.39, 0.29) is 29.2 Å². The number of urea groups is 1. The summed E-state index contributed by atoms with van der Waals surface area (Å²) in [4.78, 5) is 84.6. The van der Waals surface area contributed by atoms with Gasteiger partial charge in [-0.3, -0.25) is 23.8 Å². The van der Waals surface area contributed by atoms with E-state index in [0.717, 1.165) is 23.1 Å². The molecule has 8 N–H and O–H groups in total. The van der Waals surface area contributed by atoms with Crippen molar-refractivity contribution in [2.24, 2.45) is 0 Å². The topological polar surface area (TPSA) is 264 Å². The van der Waals surface area contributed by atoms with E-state index in [4.69, 9.17) is 16.3 Å². The molecule has 2 atom stereocenters. The van der Waals surface area contributed by atoms with Crippen LogP contribution in [0.3, 0.4) is 0 Å². The Kier molecular flexibility index (Phi) is 10.5. The smallest absolute Gasteiger partial charge is 0.534 e. The SMILES string of the molecule is O=C(O)c1c(F)ccc2c1OB(O)[C@@H](NC(=O)[C@H](NC(=O)N1CCN(Cc3ccc(O)c(O)c3Cl)C(=O)C1=O)c1ccc(P(=O)(O)O)c(F)c1F)C2. The first-order chi connectivity index (χ1) is 24.3. The van der Waals surface area contributed by atoms with Crippen molar-refractivity contribution < 1.29 is 76.5 Å². The highest BCUT2D eigenvalue weighted by Gasteiger charge is 2.43. The highest BCUT2D eigenvalue weighted by Crippen LogP contribution is 2.38. The zero-order valence-corrected chi connectivity index (χ0v) is 27.6. The molecule has 2 heterocycles. The third-order valence-corrected chi connectivity index (χ3v) is 9.48. The third-order valence-electron chi connectivity index (χ3n) is 8.09. The summed E-state index contributed by atoms with van der Waals surface area (Å²) in [7, 11) is -7.46. The first-order valence-corrected chi connectivity index (χ1v) is 16.6. The number of carboxylic acid groups (broad SMARTS) is 1. The highest BCUT2D eigenvalue weighted by molar-refractivity contribution is 7.60. The molecule has 0 aliphatic carbocycles. The second kappa shape index (κ2) is 14.4. The van der Waals surface area contributed by atoms with Gasteiger partial charge in [-0.25, -0.2) is 22.8 Å². The Morgan fingerprint density at radius 2 is 1.71 bits per heavy atom. The number of rotatable bonds is 8. The number of imide groups is 1. The number of nitrogens with zero attached hydrogens (tertiary/aromatic N) is 2. The zero-order valence-electron chi connectivity index (χ0n) is 25.9. The number of carbonyl (C=O) groups excluding carboxylic acids is 4. The molecule has 52 heavy (non-hydrogen) atoms. The van der Waals surface area contributed by atoms with Gasteiger partial charge in [0.2, 0.25) is 5.91 Å². The van der Waals surface area contributed by atoms with Crippen molar-refractivity contribution in [2.45, 2.75) is 24.9 Å². The Hall–Kier alpha value is -5.34. The summed E-state index contributed by atoms with van der Waals surface area (Å²) in [6, 6.07) is 1.40. The van der Waals surface area contributed by atoms with Crippen LogP contribution in [-0.4, -0.2) is 95.8 Å². The van der Waals surface area contributed by atoms with Crippen molar-refractivity contribution in [1.82, 2.24) is 20.4 Å². The number of aromatic carboxylic acids is 1. The van der Waals surface area contributed by atoms with Gasteiger partial charge in [0.1, 0.15) is 28.5 Å². The fourth-order valence-corrected chi connectivity index (χ4v) is 6.30. The standard InChI is InChI=1S/C29H24BClF3N4O13P/c31-19-12(2-5-15(39)23(19)40)10-37-7-8-38(27(43)26(37)42)29(46)36-22(13-3-6-16(52(48,49)50)21(34)20(13)33)25(41)35-17-9-11-1-4-14(32)18(28(44)45)24(11)51-30(17)47/h1-6,17,22,39-40,47H,7-10H2,(H,35,41)(H,36,46)(H,44,45)(H2,48,49,50)/t17-,22+/m0/s1. The van der Waals surface area contributed by atoms with Gasteiger partial charge in [-0.2, -0.15) is 0 Å². The summed E-state index contributed by atoms with van der Waals surface area (Å²) < 4.78 is 61.3. The van der Waals surface area contributed by atoms with Crippen LogP contribution in [0.25, 0.3) is 0 Å². The van der Waals surface area contributed by atoms with E-state index in [0.29, 0.717) is 17.0 Å². The Bertz CT molecular complexity index is 2090. The minimum absolute atomic E-state index is 0.0102. The summed E-state index contributed by atoms with van der Waals surface area (Å²) in [5.74, 6) is -14.5. The monoisotopic (exact) mass is 770 g/mol. The number of phenols is 2. The molecule has 17 nitrogen and oxygen atoms in total. The van der Waals surface area contributed by atoms with Gasteiger partial charge < -0.3 is 50.3 Å². The van der Waals surface area contributed by atoms with Crippen LogP contribution < -0.4 is 20.6 Å². The Balaban J connectivity index is 1.41. The van der Waals surface area contributed by atoms with Gasteiger partial charge in [0.05, 0.1) is 11.0 Å². The number of phenolic OH excluding ortho intramolecular Hbond substituents is 2. The van der Waals surface area contributed by atoms with Gasteiger partial charge >= 0.3 is 38.5 Å². The van der Waals surface area contributed by atoms with Crippen molar-refractivity contribution in [3.05, 3.63) is 81.1 Å². The predicted octanol–water partition coefficient (Wildman–Crippen LogP) is 0.431. The summed E-state index contributed by atoms with van der Waals surface area (Å²) in [5.41, 5.74) is -1.84. The number of carbonyl (C=O) groups is 5. The van der Waals surface area contributed by atoms with E-state index in [9.17, 15) is 67.4 Å². The first-order valence-electron chi connectivity index (χ1n) is 14.7. The summed E-state index contributed by atoms with van der Waals surface area (Å²) in [5, 5.41) is 41.9. The van der Waals surface area contributed by atoms with Gasteiger partial charge in [0.25, 0.3) is 0 Å². The summed E-state index contributed by atoms with van der Waals surface area (Å²) in [6.45, 7) is -1.23. The number of halogens is 4. The van der Waals surface area contributed by atoms with Crippen molar-refractivity contribution in [1.29, 1.82) is 0 Å². The molecule has 2 aliphatic rings. The fraction of sp³-hybridized carbons (Fsp3) is 0.207. The molecule has 0 aromatic heterocycles. The second-order valence-electron chi connectivity index (χ2n) is 11.4. The van der Waals surface area contributed by atoms with Crippen LogP contribution in [0.4, 0.5) is 18.0 Å². The highest BCUT2D eigenvalue weighted by atomic mass is 35.5. The van der Waals surface area contributed by atoms with E-state index < -0.39 is 121 Å². The molecule has 274 valence electrons. The first kappa shape index (κ1) is 37.9. The number of nitrogens with one attached hydrogen (secondary N) is 2.